The summed E-state index contributed by atoms with van der Waals surface area (Å²) in [6.07, 6.45) is 0. The summed E-state index contributed by atoms with van der Waals surface area (Å²) < 4.78 is 0. The van der Waals surface area contributed by atoms with Gasteiger partial charge in [0.2, 0.25) is 0 Å². The summed E-state index contributed by atoms with van der Waals surface area (Å²) in [5.74, 6) is 0. The average molecular weight is 261 g/mol. The molecule has 1 atom stereocenters. The number of anilines is 1. The number of hydrogen-bond donors (Lipinski definition) is 2. The molecule has 0 radical (unpaired) electrons. The Bertz CT molecular complexity index is 491. The zero-order valence-electron chi connectivity index (χ0n) is 10.4. The lowest BCUT2D eigenvalue weighted by Crippen LogP contribution is -2.20. The number of nitrogens with one attached hydrogen (secondary N) is 1. The minimum atomic E-state index is 0.102. The third kappa shape index (κ3) is 3.25. The fraction of sp³-hybridized carbons (Fsp3) is 0.200. The summed E-state index contributed by atoms with van der Waals surface area (Å²) in [4.78, 5) is 0. The van der Waals surface area contributed by atoms with Crippen molar-refractivity contribution in [2.24, 2.45) is 5.73 Å². The van der Waals surface area contributed by atoms with E-state index in [1.165, 1.54) is 5.56 Å². The van der Waals surface area contributed by atoms with Crippen molar-refractivity contribution < 1.29 is 0 Å². The molecule has 0 aromatic heterocycles. The van der Waals surface area contributed by atoms with Crippen LogP contribution in [0.25, 0.3) is 0 Å². The van der Waals surface area contributed by atoms with Gasteiger partial charge in [0.15, 0.2) is 0 Å². The second-order valence-electron chi connectivity index (χ2n) is 4.35. The molecule has 0 heterocycles. The van der Waals surface area contributed by atoms with E-state index in [0.717, 1.165) is 16.3 Å². The van der Waals surface area contributed by atoms with Crippen LogP contribution in [-0.4, -0.2) is 6.54 Å². The van der Waals surface area contributed by atoms with E-state index in [-0.39, 0.29) is 6.04 Å². The Balaban J connectivity index is 2.14. The normalized spacial score (nSPS) is 12.2. The summed E-state index contributed by atoms with van der Waals surface area (Å²) in [6, 6.07) is 16.2. The second-order valence-corrected chi connectivity index (χ2v) is 4.79. The first-order valence-corrected chi connectivity index (χ1v) is 6.35. The van der Waals surface area contributed by atoms with Gasteiger partial charge in [-0.15, -0.1) is 0 Å². The summed E-state index contributed by atoms with van der Waals surface area (Å²) in [6.45, 7) is 2.61. The molecule has 0 saturated carbocycles. The van der Waals surface area contributed by atoms with Crippen LogP contribution in [0, 0.1) is 6.92 Å². The first-order valence-electron chi connectivity index (χ1n) is 5.98. The number of rotatable bonds is 4. The van der Waals surface area contributed by atoms with Crippen LogP contribution < -0.4 is 11.1 Å². The predicted octanol–water partition coefficient (Wildman–Crippen LogP) is 3.76. The van der Waals surface area contributed by atoms with Gasteiger partial charge in [-0.3, -0.25) is 0 Å². The quantitative estimate of drug-likeness (QED) is 0.878. The Labute approximate surface area is 113 Å². The topological polar surface area (TPSA) is 38.0 Å². The van der Waals surface area contributed by atoms with E-state index in [0.29, 0.717) is 6.54 Å². The Morgan fingerprint density at radius 1 is 1.06 bits per heavy atom. The molecule has 0 saturated heterocycles. The van der Waals surface area contributed by atoms with Gasteiger partial charge in [0.05, 0.1) is 6.04 Å². The molecule has 0 aliphatic rings. The van der Waals surface area contributed by atoms with E-state index >= 15 is 0 Å². The van der Waals surface area contributed by atoms with Crippen molar-refractivity contribution in [1.82, 2.24) is 0 Å². The van der Waals surface area contributed by atoms with E-state index in [1.54, 1.807) is 0 Å². The van der Waals surface area contributed by atoms with Gasteiger partial charge in [-0.25, -0.2) is 0 Å². The van der Waals surface area contributed by atoms with Crippen LogP contribution >= 0.6 is 11.6 Å². The van der Waals surface area contributed by atoms with Crippen molar-refractivity contribution in [3.05, 3.63) is 64.7 Å². The Hall–Kier alpha value is -1.51. The molecular formula is C15H17ClN2. The number of hydrogen-bond acceptors (Lipinski definition) is 2. The van der Waals surface area contributed by atoms with Crippen molar-refractivity contribution in [2.45, 2.75) is 13.0 Å². The molecule has 2 aromatic rings. The Morgan fingerprint density at radius 3 is 2.22 bits per heavy atom. The van der Waals surface area contributed by atoms with E-state index in [9.17, 15) is 0 Å². The average Bonchev–Trinajstić information content (AvgIpc) is 2.39. The molecule has 3 N–H and O–H groups in total. The third-order valence-corrected chi connectivity index (χ3v) is 3.15. The molecule has 94 valence electrons. The van der Waals surface area contributed by atoms with Crippen LogP contribution in [0.4, 0.5) is 5.69 Å². The molecule has 0 amide bonds. The van der Waals surface area contributed by atoms with Gasteiger partial charge in [0.25, 0.3) is 0 Å². The van der Waals surface area contributed by atoms with Crippen molar-refractivity contribution in [1.29, 1.82) is 0 Å². The zero-order valence-corrected chi connectivity index (χ0v) is 11.1. The van der Waals surface area contributed by atoms with Crippen LogP contribution in [0.3, 0.4) is 0 Å². The van der Waals surface area contributed by atoms with Crippen LogP contribution in [0.2, 0.25) is 5.02 Å². The van der Waals surface area contributed by atoms with Crippen LogP contribution in [0.1, 0.15) is 17.2 Å². The number of halogens is 1. The fourth-order valence-electron chi connectivity index (χ4n) is 1.82. The molecule has 2 nitrogen and oxygen atoms in total. The molecule has 0 aliphatic heterocycles. The van der Waals surface area contributed by atoms with Crippen molar-refractivity contribution in [3.8, 4) is 0 Å². The van der Waals surface area contributed by atoms with Gasteiger partial charge in [-0.05, 0) is 36.8 Å². The van der Waals surface area contributed by atoms with E-state index in [4.69, 9.17) is 17.3 Å². The van der Waals surface area contributed by atoms with Crippen molar-refractivity contribution >= 4 is 17.3 Å². The number of benzene rings is 2. The lowest BCUT2D eigenvalue weighted by atomic mass is 10.1. The minimum Gasteiger partial charge on any atom is -0.377 e. The highest BCUT2D eigenvalue weighted by Gasteiger charge is 2.08. The highest BCUT2D eigenvalue weighted by atomic mass is 35.5. The maximum Gasteiger partial charge on any atom is 0.0636 e. The van der Waals surface area contributed by atoms with E-state index in [2.05, 4.69) is 36.5 Å². The third-order valence-electron chi connectivity index (χ3n) is 2.90. The summed E-state index contributed by atoms with van der Waals surface area (Å²) in [5.41, 5.74) is 9.29. The predicted molar refractivity (Wildman–Crippen MR) is 78.0 cm³/mol. The molecule has 0 spiro atoms. The second kappa shape index (κ2) is 5.89. The van der Waals surface area contributed by atoms with Gasteiger partial charge >= 0.3 is 0 Å². The Morgan fingerprint density at radius 2 is 1.67 bits per heavy atom. The summed E-state index contributed by atoms with van der Waals surface area (Å²) in [5, 5.41) is 4.16. The van der Waals surface area contributed by atoms with Crippen LogP contribution in [0.5, 0.6) is 0 Å². The fourth-order valence-corrected chi connectivity index (χ4v) is 1.95. The van der Waals surface area contributed by atoms with Gasteiger partial charge in [0, 0.05) is 17.3 Å². The summed E-state index contributed by atoms with van der Waals surface area (Å²) in [7, 11) is 0. The highest BCUT2D eigenvalue weighted by Crippen LogP contribution is 2.20. The molecule has 2 rings (SSSR count). The zero-order chi connectivity index (χ0) is 13.0. The molecule has 0 fully saturated rings. The number of nitrogens with two attached hydrogens (primary N) is 1. The van der Waals surface area contributed by atoms with Gasteiger partial charge in [-0.1, -0.05) is 41.4 Å². The first kappa shape index (κ1) is 12.9. The van der Waals surface area contributed by atoms with Crippen molar-refractivity contribution in [2.75, 3.05) is 11.9 Å². The molecule has 0 aliphatic carbocycles. The SMILES string of the molecule is Cc1ccc(NC(CN)c2ccc(Cl)cc2)cc1. The minimum absolute atomic E-state index is 0.102. The maximum atomic E-state index is 5.89. The summed E-state index contributed by atoms with van der Waals surface area (Å²) >= 11 is 5.89. The molecular weight excluding hydrogens is 244 g/mol. The van der Waals surface area contributed by atoms with Crippen LogP contribution in [0.15, 0.2) is 48.5 Å². The van der Waals surface area contributed by atoms with Crippen LogP contribution in [-0.2, 0) is 0 Å². The lowest BCUT2D eigenvalue weighted by molar-refractivity contribution is 0.790. The van der Waals surface area contributed by atoms with E-state index < -0.39 is 0 Å². The first-order chi connectivity index (χ1) is 8.69. The molecule has 0 bridgehead atoms. The van der Waals surface area contributed by atoms with Gasteiger partial charge in [0.1, 0.15) is 0 Å². The molecule has 18 heavy (non-hydrogen) atoms. The maximum absolute atomic E-state index is 5.89. The van der Waals surface area contributed by atoms with E-state index in [1.807, 2.05) is 24.3 Å². The van der Waals surface area contributed by atoms with Crippen molar-refractivity contribution in [3.63, 3.8) is 0 Å². The lowest BCUT2D eigenvalue weighted by Gasteiger charge is -2.18. The molecule has 1 unspecified atom stereocenters. The number of aryl methyl sites for hydroxylation is 1. The molecule has 2 aromatic carbocycles. The standard InChI is InChI=1S/C15H17ClN2/c1-11-2-8-14(9-3-11)18-15(10-17)12-4-6-13(16)7-5-12/h2-9,15,18H,10,17H2,1H3. The Kier molecular flexibility index (Phi) is 4.24. The smallest absolute Gasteiger partial charge is 0.0636 e. The van der Waals surface area contributed by atoms with Gasteiger partial charge in [-0.2, -0.15) is 0 Å². The highest BCUT2D eigenvalue weighted by molar-refractivity contribution is 6.30. The monoisotopic (exact) mass is 260 g/mol. The van der Waals surface area contributed by atoms with Gasteiger partial charge < -0.3 is 11.1 Å². The largest absolute Gasteiger partial charge is 0.377 e. The molecule has 3 heteroatoms.